The zero-order valence-electron chi connectivity index (χ0n) is 12.6. The van der Waals surface area contributed by atoms with Crippen LogP contribution in [0.5, 0.6) is 0 Å². The van der Waals surface area contributed by atoms with Gasteiger partial charge in [-0.1, -0.05) is 6.92 Å². The van der Waals surface area contributed by atoms with E-state index in [1.165, 1.54) is 0 Å². The maximum Gasteiger partial charge on any atom is 0.317 e. The van der Waals surface area contributed by atoms with E-state index in [9.17, 15) is 9.59 Å². The molecule has 2 rings (SSSR count). The number of carbonyl (C=O) groups is 2. The summed E-state index contributed by atoms with van der Waals surface area (Å²) >= 11 is 0. The molecule has 0 spiro atoms. The quantitative estimate of drug-likeness (QED) is 0.780. The summed E-state index contributed by atoms with van der Waals surface area (Å²) in [6.45, 7) is 8.93. The van der Waals surface area contributed by atoms with Crippen molar-refractivity contribution in [3.8, 4) is 0 Å². The van der Waals surface area contributed by atoms with E-state index < -0.39 is 0 Å². The largest absolute Gasteiger partial charge is 0.339 e. The van der Waals surface area contributed by atoms with E-state index in [4.69, 9.17) is 0 Å². The second-order valence-electron chi connectivity index (χ2n) is 5.68. The Morgan fingerprint density at radius 3 is 2.30 bits per heavy atom. The summed E-state index contributed by atoms with van der Waals surface area (Å²) < 4.78 is 0. The van der Waals surface area contributed by atoms with Crippen molar-refractivity contribution in [3.05, 3.63) is 0 Å². The maximum absolute atomic E-state index is 12.7. The van der Waals surface area contributed by atoms with Crippen LogP contribution in [-0.4, -0.2) is 67.6 Å². The molecule has 0 aromatic heterocycles. The summed E-state index contributed by atoms with van der Waals surface area (Å²) in [6.07, 6.45) is 1.81. The molecule has 0 aromatic carbocycles. The van der Waals surface area contributed by atoms with E-state index in [1.807, 2.05) is 11.8 Å². The number of rotatable bonds is 3. The molecule has 0 bridgehead atoms. The topological polar surface area (TPSA) is 64.7 Å². The zero-order chi connectivity index (χ0) is 14.6. The summed E-state index contributed by atoms with van der Waals surface area (Å²) in [5, 5.41) is 6.11. The molecule has 0 aliphatic carbocycles. The molecule has 114 valence electrons. The second kappa shape index (κ2) is 6.43. The van der Waals surface area contributed by atoms with Gasteiger partial charge in [-0.3, -0.25) is 4.79 Å². The smallest absolute Gasteiger partial charge is 0.317 e. The van der Waals surface area contributed by atoms with Gasteiger partial charge in [-0.2, -0.15) is 0 Å². The number of amides is 3. The Balaban J connectivity index is 1.90. The first kappa shape index (κ1) is 15.1. The van der Waals surface area contributed by atoms with Gasteiger partial charge in [-0.15, -0.1) is 0 Å². The minimum Gasteiger partial charge on any atom is -0.339 e. The number of nitrogens with zero attached hydrogens (tertiary/aromatic N) is 2. The van der Waals surface area contributed by atoms with Crippen LogP contribution in [0.2, 0.25) is 0 Å². The molecule has 1 atom stereocenters. The third-order valence-corrected chi connectivity index (χ3v) is 4.56. The SMILES string of the molecule is CCNC(=O)N1CCN(C(=O)C2(CC)CCNC2)CC1. The maximum atomic E-state index is 12.7. The van der Waals surface area contributed by atoms with Crippen molar-refractivity contribution in [2.45, 2.75) is 26.7 Å². The minimum absolute atomic E-state index is 0.0210. The number of carbonyl (C=O) groups excluding carboxylic acids is 2. The average Bonchev–Trinajstić information content (AvgIpc) is 2.97. The van der Waals surface area contributed by atoms with E-state index in [0.29, 0.717) is 32.7 Å². The lowest BCUT2D eigenvalue weighted by atomic mass is 9.82. The molecule has 3 amide bonds. The second-order valence-corrected chi connectivity index (χ2v) is 5.68. The first-order chi connectivity index (χ1) is 9.63. The van der Waals surface area contributed by atoms with Crippen molar-refractivity contribution in [2.75, 3.05) is 45.8 Å². The lowest BCUT2D eigenvalue weighted by Crippen LogP contribution is -2.56. The van der Waals surface area contributed by atoms with Gasteiger partial charge in [0.2, 0.25) is 5.91 Å². The number of piperazine rings is 1. The zero-order valence-corrected chi connectivity index (χ0v) is 12.6. The van der Waals surface area contributed by atoms with Crippen LogP contribution in [0.3, 0.4) is 0 Å². The highest BCUT2D eigenvalue weighted by Gasteiger charge is 2.42. The summed E-state index contributed by atoms with van der Waals surface area (Å²) in [5.41, 5.74) is -0.214. The molecule has 20 heavy (non-hydrogen) atoms. The average molecular weight is 282 g/mol. The van der Waals surface area contributed by atoms with Gasteiger partial charge in [-0.05, 0) is 26.3 Å². The molecule has 2 heterocycles. The Labute approximate surface area is 120 Å². The predicted molar refractivity (Wildman–Crippen MR) is 77.4 cm³/mol. The predicted octanol–water partition coefficient (Wildman–Crippen LogP) is 0.250. The van der Waals surface area contributed by atoms with Crippen LogP contribution in [-0.2, 0) is 4.79 Å². The number of hydrogen-bond donors (Lipinski definition) is 2. The van der Waals surface area contributed by atoms with Crippen molar-refractivity contribution in [1.29, 1.82) is 0 Å². The molecular weight excluding hydrogens is 256 g/mol. The lowest BCUT2D eigenvalue weighted by Gasteiger charge is -2.39. The molecular formula is C14H26N4O2. The van der Waals surface area contributed by atoms with Gasteiger partial charge in [0, 0.05) is 39.3 Å². The van der Waals surface area contributed by atoms with E-state index >= 15 is 0 Å². The first-order valence-electron chi connectivity index (χ1n) is 7.66. The highest BCUT2D eigenvalue weighted by Crippen LogP contribution is 2.32. The highest BCUT2D eigenvalue weighted by molar-refractivity contribution is 5.84. The molecule has 2 N–H and O–H groups in total. The van der Waals surface area contributed by atoms with Gasteiger partial charge in [0.15, 0.2) is 0 Å². The minimum atomic E-state index is -0.214. The highest BCUT2D eigenvalue weighted by atomic mass is 16.2. The molecule has 2 aliphatic rings. The van der Waals surface area contributed by atoms with Gasteiger partial charge < -0.3 is 20.4 Å². The molecule has 0 radical (unpaired) electrons. The summed E-state index contributed by atoms with van der Waals surface area (Å²) in [5.74, 6) is 0.264. The molecule has 1 unspecified atom stereocenters. The van der Waals surface area contributed by atoms with Crippen molar-refractivity contribution < 1.29 is 9.59 Å². The molecule has 2 saturated heterocycles. The van der Waals surface area contributed by atoms with Crippen LogP contribution in [0.25, 0.3) is 0 Å². The third kappa shape index (κ3) is 2.90. The number of nitrogens with one attached hydrogen (secondary N) is 2. The Kier molecular flexibility index (Phi) is 4.86. The normalized spacial score (nSPS) is 26.7. The third-order valence-electron chi connectivity index (χ3n) is 4.56. The van der Waals surface area contributed by atoms with Crippen LogP contribution in [0.15, 0.2) is 0 Å². The van der Waals surface area contributed by atoms with Crippen molar-refractivity contribution in [1.82, 2.24) is 20.4 Å². The van der Waals surface area contributed by atoms with E-state index in [-0.39, 0.29) is 17.4 Å². The van der Waals surface area contributed by atoms with Crippen LogP contribution in [0, 0.1) is 5.41 Å². The van der Waals surface area contributed by atoms with Crippen LogP contribution in [0.4, 0.5) is 4.79 Å². The molecule has 2 fully saturated rings. The Morgan fingerprint density at radius 2 is 1.80 bits per heavy atom. The van der Waals surface area contributed by atoms with E-state index in [0.717, 1.165) is 25.9 Å². The Hall–Kier alpha value is -1.30. The van der Waals surface area contributed by atoms with E-state index in [2.05, 4.69) is 17.6 Å². The van der Waals surface area contributed by atoms with Crippen LogP contribution >= 0.6 is 0 Å². The summed E-state index contributed by atoms with van der Waals surface area (Å²) in [7, 11) is 0. The molecule has 6 nitrogen and oxygen atoms in total. The fourth-order valence-corrected chi connectivity index (χ4v) is 3.09. The monoisotopic (exact) mass is 282 g/mol. The first-order valence-corrected chi connectivity index (χ1v) is 7.66. The summed E-state index contributed by atoms with van der Waals surface area (Å²) in [6, 6.07) is -0.0210. The standard InChI is InChI=1S/C14H26N4O2/c1-3-14(5-6-15-11-14)12(19)17-7-9-18(10-8-17)13(20)16-4-2/h15H,3-11H2,1-2H3,(H,16,20). The van der Waals surface area contributed by atoms with Gasteiger partial charge in [0.05, 0.1) is 5.41 Å². The molecule has 6 heteroatoms. The van der Waals surface area contributed by atoms with Gasteiger partial charge in [0.25, 0.3) is 0 Å². The van der Waals surface area contributed by atoms with Crippen molar-refractivity contribution in [3.63, 3.8) is 0 Å². The van der Waals surface area contributed by atoms with E-state index in [1.54, 1.807) is 4.90 Å². The van der Waals surface area contributed by atoms with Gasteiger partial charge >= 0.3 is 6.03 Å². The van der Waals surface area contributed by atoms with Gasteiger partial charge in [0.1, 0.15) is 0 Å². The molecule has 0 aromatic rings. The van der Waals surface area contributed by atoms with Crippen LogP contribution in [0.1, 0.15) is 26.7 Å². The number of urea groups is 1. The van der Waals surface area contributed by atoms with Crippen molar-refractivity contribution >= 4 is 11.9 Å². The Morgan fingerprint density at radius 1 is 1.15 bits per heavy atom. The summed E-state index contributed by atoms with van der Waals surface area (Å²) in [4.78, 5) is 28.2. The number of hydrogen-bond acceptors (Lipinski definition) is 3. The fraction of sp³-hybridized carbons (Fsp3) is 0.857. The Bertz CT molecular complexity index is 358. The molecule has 2 aliphatic heterocycles. The fourth-order valence-electron chi connectivity index (χ4n) is 3.09. The van der Waals surface area contributed by atoms with Gasteiger partial charge in [-0.25, -0.2) is 4.79 Å². The van der Waals surface area contributed by atoms with Crippen LogP contribution < -0.4 is 10.6 Å². The lowest BCUT2D eigenvalue weighted by molar-refractivity contribution is -0.142. The molecule has 0 saturated carbocycles. The van der Waals surface area contributed by atoms with Crippen molar-refractivity contribution in [2.24, 2.45) is 5.41 Å².